The first-order chi connectivity index (χ1) is 8.58. The largest absolute Gasteiger partial charge is 0.508 e. The number of carbonyl (C=O) groups is 1. The highest BCUT2D eigenvalue weighted by atomic mass is 35.5. The Bertz CT molecular complexity index is 450. The quantitative estimate of drug-likeness (QED) is 0.865. The fraction of sp³-hybridized carbons (Fsp3) is 0.462. The zero-order chi connectivity index (χ0) is 13.1. The van der Waals surface area contributed by atoms with Crippen molar-refractivity contribution in [3.63, 3.8) is 0 Å². The number of halogens is 1. The summed E-state index contributed by atoms with van der Waals surface area (Å²) in [5.41, 5.74) is 0.301. The summed E-state index contributed by atoms with van der Waals surface area (Å²) in [7, 11) is 0. The second-order valence-corrected chi connectivity index (χ2v) is 4.99. The van der Waals surface area contributed by atoms with E-state index in [0.29, 0.717) is 23.8 Å². The molecule has 1 fully saturated rings. The molecule has 1 aliphatic rings. The van der Waals surface area contributed by atoms with E-state index in [-0.39, 0.29) is 23.6 Å². The minimum Gasteiger partial charge on any atom is -0.508 e. The lowest BCUT2D eigenvalue weighted by Gasteiger charge is -2.29. The van der Waals surface area contributed by atoms with Crippen LogP contribution in [0.4, 0.5) is 0 Å². The fourth-order valence-corrected chi connectivity index (χ4v) is 2.23. The van der Waals surface area contributed by atoms with Gasteiger partial charge in [0.1, 0.15) is 5.75 Å². The van der Waals surface area contributed by atoms with Gasteiger partial charge < -0.3 is 15.2 Å². The Morgan fingerprint density at radius 2 is 2.33 bits per heavy atom. The van der Waals surface area contributed by atoms with Crippen LogP contribution >= 0.6 is 11.6 Å². The minimum atomic E-state index is -0.255. The van der Waals surface area contributed by atoms with Crippen LogP contribution in [0.3, 0.4) is 0 Å². The van der Waals surface area contributed by atoms with Gasteiger partial charge in [-0.05, 0) is 30.5 Å². The van der Waals surface area contributed by atoms with Gasteiger partial charge >= 0.3 is 0 Å². The van der Waals surface area contributed by atoms with E-state index in [4.69, 9.17) is 16.3 Å². The van der Waals surface area contributed by atoms with Crippen LogP contribution in [0.2, 0.25) is 5.02 Å². The van der Waals surface area contributed by atoms with Crippen molar-refractivity contribution >= 4 is 17.5 Å². The molecule has 0 aliphatic carbocycles. The van der Waals surface area contributed by atoms with Crippen molar-refractivity contribution in [1.29, 1.82) is 0 Å². The molecule has 2 atom stereocenters. The van der Waals surface area contributed by atoms with Gasteiger partial charge in [0.15, 0.2) is 0 Å². The molecular formula is C13H16ClNO3. The first-order valence-electron chi connectivity index (χ1n) is 5.95. The van der Waals surface area contributed by atoms with Gasteiger partial charge in [-0.15, -0.1) is 0 Å². The number of rotatable bonds is 2. The molecule has 2 N–H and O–H groups in total. The third-order valence-corrected chi connectivity index (χ3v) is 3.48. The van der Waals surface area contributed by atoms with Crippen molar-refractivity contribution in [2.75, 3.05) is 13.2 Å². The Kier molecular flexibility index (Phi) is 4.09. The highest BCUT2D eigenvalue weighted by Gasteiger charge is 2.24. The monoisotopic (exact) mass is 269 g/mol. The molecule has 0 spiro atoms. The smallest absolute Gasteiger partial charge is 0.253 e. The first kappa shape index (κ1) is 13.2. The summed E-state index contributed by atoms with van der Waals surface area (Å²) in [6.45, 7) is 3.34. The summed E-state index contributed by atoms with van der Waals surface area (Å²) in [5, 5.41) is 12.7. The second kappa shape index (κ2) is 5.59. The molecule has 0 aromatic heterocycles. The zero-order valence-electron chi connectivity index (χ0n) is 10.1. The number of benzene rings is 1. The lowest BCUT2D eigenvalue weighted by Crippen LogP contribution is -2.44. The molecule has 1 saturated heterocycles. The molecule has 0 saturated carbocycles. The van der Waals surface area contributed by atoms with E-state index in [0.717, 1.165) is 6.42 Å². The number of carbonyl (C=O) groups excluding carboxylic acids is 1. The third kappa shape index (κ3) is 2.94. The Balaban J connectivity index is 2.09. The molecule has 1 aromatic carbocycles. The SMILES string of the molecule is CC1COCCC1NC(=O)c1cc(O)ccc1Cl. The Labute approximate surface area is 111 Å². The lowest BCUT2D eigenvalue weighted by molar-refractivity contribution is 0.0375. The van der Waals surface area contributed by atoms with Crippen LogP contribution in [0, 0.1) is 5.92 Å². The number of phenolic OH excluding ortho intramolecular Hbond substituents is 1. The van der Waals surface area contributed by atoms with E-state index in [1.54, 1.807) is 0 Å². The topological polar surface area (TPSA) is 58.6 Å². The number of aromatic hydroxyl groups is 1. The zero-order valence-corrected chi connectivity index (χ0v) is 10.9. The average molecular weight is 270 g/mol. The minimum absolute atomic E-state index is 0.0320. The molecule has 1 heterocycles. The molecule has 18 heavy (non-hydrogen) atoms. The highest BCUT2D eigenvalue weighted by Crippen LogP contribution is 2.22. The molecule has 98 valence electrons. The number of nitrogens with one attached hydrogen (secondary N) is 1. The summed E-state index contributed by atoms with van der Waals surface area (Å²) in [5.74, 6) is 0.0537. The number of hydrogen-bond donors (Lipinski definition) is 2. The van der Waals surface area contributed by atoms with E-state index in [9.17, 15) is 9.90 Å². The van der Waals surface area contributed by atoms with Crippen molar-refractivity contribution in [3.8, 4) is 5.75 Å². The van der Waals surface area contributed by atoms with Crippen molar-refractivity contribution < 1.29 is 14.6 Å². The van der Waals surface area contributed by atoms with Crippen LogP contribution in [0.5, 0.6) is 5.75 Å². The Morgan fingerprint density at radius 3 is 3.06 bits per heavy atom. The van der Waals surface area contributed by atoms with E-state index in [1.807, 2.05) is 6.92 Å². The molecular weight excluding hydrogens is 254 g/mol. The summed E-state index contributed by atoms with van der Waals surface area (Å²) in [6, 6.07) is 4.43. The number of hydrogen-bond acceptors (Lipinski definition) is 3. The molecule has 0 radical (unpaired) electrons. The Morgan fingerprint density at radius 1 is 1.56 bits per heavy atom. The molecule has 5 heteroatoms. The van der Waals surface area contributed by atoms with E-state index >= 15 is 0 Å². The molecule has 1 aromatic rings. The maximum absolute atomic E-state index is 12.1. The van der Waals surface area contributed by atoms with E-state index in [1.165, 1.54) is 18.2 Å². The van der Waals surface area contributed by atoms with Gasteiger partial charge in [0.2, 0.25) is 0 Å². The standard InChI is InChI=1S/C13H16ClNO3/c1-8-7-18-5-4-12(8)15-13(17)10-6-9(16)2-3-11(10)14/h2-3,6,8,12,16H,4-5,7H2,1H3,(H,15,17). The summed E-state index contributed by atoms with van der Waals surface area (Å²) in [4.78, 5) is 12.1. The van der Waals surface area contributed by atoms with Gasteiger partial charge in [-0.3, -0.25) is 4.79 Å². The number of ether oxygens (including phenoxy) is 1. The molecule has 1 amide bonds. The molecule has 0 bridgehead atoms. The van der Waals surface area contributed by atoms with Crippen LogP contribution in [0.1, 0.15) is 23.7 Å². The molecule has 1 aliphatic heterocycles. The van der Waals surface area contributed by atoms with Gasteiger partial charge in [0.05, 0.1) is 17.2 Å². The van der Waals surface area contributed by atoms with Gasteiger partial charge in [-0.25, -0.2) is 0 Å². The summed E-state index contributed by atoms with van der Waals surface area (Å²) >= 11 is 5.95. The Hall–Kier alpha value is -1.26. The normalized spacial score (nSPS) is 23.7. The maximum Gasteiger partial charge on any atom is 0.253 e. The maximum atomic E-state index is 12.1. The van der Waals surface area contributed by atoms with Crippen molar-refractivity contribution in [2.45, 2.75) is 19.4 Å². The van der Waals surface area contributed by atoms with Gasteiger partial charge in [0, 0.05) is 12.6 Å². The third-order valence-electron chi connectivity index (χ3n) is 3.15. The molecule has 2 unspecified atom stereocenters. The summed E-state index contributed by atoms with van der Waals surface area (Å²) in [6.07, 6.45) is 0.795. The molecule has 2 rings (SSSR count). The van der Waals surface area contributed by atoms with Gasteiger partial charge in [0.25, 0.3) is 5.91 Å². The van der Waals surface area contributed by atoms with E-state index in [2.05, 4.69) is 5.32 Å². The van der Waals surface area contributed by atoms with E-state index < -0.39 is 0 Å². The lowest BCUT2D eigenvalue weighted by atomic mass is 9.97. The van der Waals surface area contributed by atoms with Gasteiger partial charge in [-0.1, -0.05) is 18.5 Å². The highest BCUT2D eigenvalue weighted by molar-refractivity contribution is 6.33. The predicted octanol–water partition coefficient (Wildman–Crippen LogP) is 2.20. The average Bonchev–Trinajstić information content (AvgIpc) is 2.35. The van der Waals surface area contributed by atoms with Crippen molar-refractivity contribution in [3.05, 3.63) is 28.8 Å². The number of amides is 1. The van der Waals surface area contributed by atoms with Crippen molar-refractivity contribution in [1.82, 2.24) is 5.32 Å². The van der Waals surface area contributed by atoms with Crippen LogP contribution in [-0.4, -0.2) is 30.3 Å². The van der Waals surface area contributed by atoms with Crippen LogP contribution in [0.25, 0.3) is 0 Å². The van der Waals surface area contributed by atoms with Crippen LogP contribution < -0.4 is 5.32 Å². The van der Waals surface area contributed by atoms with Crippen molar-refractivity contribution in [2.24, 2.45) is 5.92 Å². The molecule has 4 nitrogen and oxygen atoms in total. The summed E-state index contributed by atoms with van der Waals surface area (Å²) < 4.78 is 5.32. The number of phenols is 1. The van der Waals surface area contributed by atoms with Gasteiger partial charge in [-0.2, -0.15) is 0 Å². The second-order valence-electron chi connectivity index (χ2n) is 4.58. The fourth-order valence-electron chi connectivity index (χ4n) is 2.03. The predicted molar refractivity (Wildman–Crippen MR) is 69.0 cm³/mol. The van der Waals surface area contributed by atoms with Crippen LogP contribution in [-0.2, 0) is 4.74 Å². The first-order valence-corrected chi connectivity index (χ1v) is 6.33. The van der Waals surface area contributed by atoms with Crippen LogP contribution in [0.15, 0.2) is 18.2 Å².